The van der Waals surface area contributed by atoms with Crippen LogP contribution in [-0.2, 0) is 31.6 Å². The molecule has 2 aliphatic heterocycles. The van der Waals surface area contributed by atoms with Crippen molar-refractivity contribution in [3.8, 4) is 17.2 Å². The van der Waals surface area contributed by atoms with Crippen molar-refractivity contribution in [2.75, 3.05) is 18.1 Å². The first-order valence-electron chi connectivity index (χ1n) is 12.0. The summed E-state index contributed by atoms with van der Waals surface area (Å²) >= 11 is 13.4. The maximum Gasteiger partial charge on any atom is 0.352 e. The van der Waals surface area contributed by atoms with Gasteiger partial charge in [0.1, 0.15) is 29.5 Å². The normalized spacial score (nSPS) is 19.8. The molecule has 214 valence electrons. The number of fused-ring (bicyclic) bond motifs is 1. The predicted molar refractivity (Wildman–Crippen MR) is 154 cm³/mol. The molecule has 3 heterocycles. The Kier molecular flexibility index (Phi) is 8.23. The van der Waals surface area contributed by atoms with Gasteiger partial charge in [0.2, 0.25) is 5.91 Å². The van der Waals surface area contributed by atoms with Gasteiger partial charge in [0.15, 0.2) is 16.6 Å². The molecule has 0 aliphatic carbocycles. The minimum atomic E-state index is -1.72. The summed E-state index contributed by atoms with van der Waals surface area (Å²) in [5.41, 5.74) is 6.59. The number of carboxylic acids is 1. The maximum absolute atomic E-state index is 13.2. The highest BCUT2D eigenvalue weighted by Gasteiger charge is 2.57. The van der Waals surface area contributed by atoms with Crippen molar-refractivity contribution in [2.45, 2.75) is 24.8 Å². The number of aliphatic carboxylic acids is 1. The van der Waals surface area contributed by atoms with Crippen LogP contribution in [0.15, 0.2) is 53.0 Å². The number of hydrogen-bond acceptors (Lipinski definition) is 9. The van der Waals surface area contributed by atoms with E-state index in [1.807, 2.05) is 6.92 Å². The van der Waals surface area contributed by atoms with Crippen molar-refractivity contribution in [1.82, 2.24) is 15.2 Å². The van der Waals surface area contributed by atoms with E-state index in [4.69, 9.17) is 38.4 Å². The van der Waals surface area contributed by atoms with Crippen LogP contribution in [0.5, 0.6) is 17.2 Å². The molecule has 0 saturated carbocycles. The number of nitrogens with one attached hydrogen (secondary N) is 1. The van der Waals surface area contributed by atoms with Crippen molar-refractivity contribution in [3.63, 3.8) is 0 Å². The van der Waals surface area contributed by atoms with Gasteiger partial charge in [0, 0.05) is 27.1 Å². The van der Waals surface area contributed by atoms with Gasteiger partial charge in [0.05, 0.1) is 28.7 Å². The first kappa shape index (κ1) is 28.9. The quantitative estimate of drug-likeness (QED) is 0.298. The summed E-state index contributed by atoms with van der Waals surface area (Å²) in [6.45, 7) is 1.52. The first-order chi connectivity index (χ1) is 19.5. The van der Waals surface area contributed by atoms with Gasteiger partial charge < -0.3 is 25.6 Å². The Morgan fingerprint density at radius 3 is 2.56 bits per heavy atom. The third-order valence-corrected chi connectivity index (χ3v) is 9.15. The Morgan fingerprint density at radius 1 is 1.20 bits per heavy atom. The van der Waals surface area contributed by atoms with Crippen LogP contribution in [0.1, 0.15) is 11.3 Å². The van der Waals surface area contributed by atoms with Crippen LogP contribution in [0.2, 0.25) is 10.0 Å². The molecule has 3 atom stereocenters. The van der Waals surface area contributed by atoms with Crippen LogP contribution < -0.4 is 20.5 Å². The average molecular weight is 638 g/mol. The Hall–Kier alpha value is -3.65. The van der Waals surface area contributed by atoms with E-state index in [9.17, 15) is 23.7 Å². The number of aryl methyl sites for hydroxylation is 1. The molecule has 0 spiro atoms. The number of thiazole rings is 1. The molecule has 1 aromatic heterocycles. The highest BCUT2D eigenvalue weighted by Crippen LogP contribution is 2.38. The Labute approximate surface area is 250 Å². The number of benzene rings is 2. The maximum atomic E-state index is 13.2. The van der Waals surface area contributed by atoms with E-state index in [2.05, 4.69) is 10.3 Å². The third kappa shape index (κ3) is 6.03. The number of halogens is 2. The second-order valence-electron chi connectivity index (χ2n) is 9.17. The highest BCUT2D eigenvalue weighted by atomic mass is 35.5. The fraction of sp³-hybridized carbons (Fsp3) is 0.231. The zero-order valence-electron chi connectivity index (χ0n) is 21.3. The van der Waals surface area contributed by atoms with E-state index in [1.54, 1.807) is 35.7 Å². The number of carbonyl (C=O) groups is 3. The van der Waals surface area contributed by atoms with Gasteiger partial charge >= 0.3 is 5.97 Å². The number of β-lactam (4-membered cyclic amide) rings is 1. The number of nitrogen functional groups attached to an aromatic ring is 1. The van der Waals surface area contributed by atoms with E-state index in [0.717, 1.165) is 10.5 Å². The lowest BCUT2D eigenvalue weighted by atomic mass is 10.0. The van der Waals surface area contributed by atoms with Crippen LogP contribution in [0.3, 0.4) is 0 Å². The monoisotopic (exact) mass is 636 g/mol. The molecule has 2 amide bonds. The number of nitrogens with zero attached hydrogens (tertiary/aromatic N) is 2. The Morgan fingerprint density at radius 2 is 1.90 bits per heavy atom. The predicted octanol–water partition coefficient (Wildman–Crippen LogP) is 3.51. The summed E-state index contributed by atoms with van der Waals surface area (Å²) in [6, 6.07) is 8.68. The number of ether oxygens (including phenoxy) is 2. The number of carboxylic acid groups (broad SMARTS) is 1. The third-order valence-electron chi connectivity index (χ3n) is 6.30. The summed E-state index contributed by atoms with van der Waals surface area (Å²) in [6.07, 6.45) is -0.128. The molecular formula is C26H22Cl2N4O7S2. The van der Waals surface area contributed by atoms with Gasteiger partial charge in [-0.2, -0.15) is 0 Å². The van der Waals surface area contributed by atoms with Crippen LogP contribution in [0.25, 0.3) is 0 Å². The molecule has 15 heteroatoms. The standard InChI is InChI=1S/C26H22Cl2N4O7S2/c1-12-6-14(27)2-4-17(12)39-18-5-3-15(28)7-19(18)38-9-13-11-41(37)24-21(23(34)32(24)22(13)25(35)36)31-20(33)8-16-10-40-26(29)30-16/h2-7,10,21,24H,8-9,11H2,1H3,(H2,29,30)(H,31,33)(H,35,36). The molecule has 2 aliphatic rings. The van der Waals surface area contributed by atoms with Gasteiger partial charge in [-0.15, -0.1) is 11.3 Å². The molecule has 0 bridgehead atoms. The summed E-state index contributed by atoms with van der Waals surface area (Å²) in [5, 5.41) is 14.3. The van der Waals surface area contributed by atoms with Crippen LogP contribution in [0.4, 0.5) is 5.13 Å². The number of aromatic nitrogens is 1. The molecule has 5 rings (SSSR count). The number of amides is 2. The lowest BCUT2D eigenvalue weighted by Crippen LogP contribution is -2.73. The summed E-state index contributed by atoms with van der Waals surface area (Å²) in [7, 11) is -1.72. The van der Waals surface area contributed by atoms with E-state index in [0.29, 0.717) is 32.4 Å². The van der Waals surface area contributed by atoms with Crippen LogP contribution in [-0.4, -0.2) is 60.8 Å². The van der Waals surface area contributed by atoms with Gasteiger partial charge in [0.25, 0.3) is 5.91 Å². The number of nitrogens with two attached hydrogens (primary N) is 1. The van der Waals surface area contributed by atoms with Crippen molar-refractivity contribution in [3.05, 3.63) is 74.4 Å². The molecule has 2 aromatic carbocycles. The lowest BCUT2D eigenvalue weighted by molar-refractivity contribution is -0.151. The fourth-order valence-corrected chi connectivity index (χ4v) is 7.06. The zero-order chi connectivity index (χ0) is 29.4. The van der Waals surface area contributed by atoms with E-state index < -0.39 is 40.0 Å². The van der Waals surface area contributed by atoms with Gasteiger partial charge in [-0.1, -0.05) is 23.2 Å². The van der Waals surface area contributed by atoms with Gasteiger partial charge in [-0.25, -0.2) is 9.78 Å². The molecule has 41 heavy (non-hydrogen) atoms. The lowest BCUT2D eigenvalue weighted by Gasteiger charge is -2.49. The number of carbonyl (C=O) groups excluding carboxylic acids is 2. The van der Waals surface area contributed by atoms with Crippen molar-refractivity contribution in [1.29, 1.82) is 0 Å². The van der Waals surface area contributed by atoms with Crippen molar-refractivity contribution >= 4 is 68.3 Å². The number of rotatable bonds is 9. The SMILES string of the molecule is Cc1cc(Cl)ccc1Oc1ccc(Cl)cc1OCC1=C(C(=O)O)N2C(=O)C(NC(=O)Cc3csc(N)n3)C2S(=O)C1. The minimum absolute atomic E-state index is 0.128. The highest BCUT2D eigenvalue weighted by molar-refractivity contribution is 7.86. The number of hydrogen-bond donors (Lipinski definition) is 3. The van der Waals surface area contributed by atoms with Crippen LogP contribution >= 0.6 is 34.5 Å². The molecule has 1 fully saturated rings. The van der Waals surface area contributed by atoms with Gasteiger partial charge in [-0.05, 0) is 42.8 Å². The average Bonchev–Trinajstić information content (AvgIpc) is 3.32. The molecule has 11 nitrogen and oxygen atoms in total. The second kappa shape index (κ2) is 11.7. The summed E-state index contributed by atoms with van der Waals surface area (Å²) in [4.78, 5) is 42.7. The van der Waals surface area contributed by atoms with E-state index in [1.165, 1.54) is 17.4 Å². The zero-order valence-corrected chi connectivity index (χ0v) is 24.4. The second-order valence-corrected chi connectivity index (χ2v) is 12.5. The Bertz CT molecular complexity index is 1630. The topological polar surface area (TPSA) is 161 Å². The first-order valence-corrected chi connectivity index (χ1v) is 15.0. The fourth-order valence-electron chi connectivity index (χ4n) is 4.45. The Balaban J connectivity index is 1.33. The molecule has 3 aromatic rings. The summed E-state index contributed by atoms with van der Waals surface area (Å²) in [5.74, 6) is -1.75. The van der Waals surface area contributed by atoms with Crippen molar-refractivity contribution < 1.29 is 33.2 Å². The molecule has 1 saturated heterocycles. The van der Waals surface area contributed by atoms with Crippen molar-refractivity contribution in [2.24, 2.45) is 0 Å². The minimum Gasteiger partial charge on any atom is -0.485 e. The van der Waals surface area contributed by atoms with E-state index >= 15 is 0 Å². The number of anilines is 1. The molecule has 3 unspecified atom stereocenters. The largest absolute Gasteiger partial charge is 0.485 e. The molecular weight excluding hydrogens is 615 g/mol. The van der Waals surface area contributed by atoms with Crippen LogP contribution in [0, 0.1) is 6.92 Å². The molecule has 0 radical (unpaired) electrons. The summed E-state index contributed by atoms with van der Waals surface area (Å²) < 4.78 is 25.1. The van der Waals surface area contributed by atoms with Gasteiger partial charge in [-0.3, -0.25) is 18.7 Å². The van der Waals surface area contributed by atoms with E-state index in [-0.39, 0.29) is 35.8 Å². The smallest absolute Gasteiger partial charge is 0.352 e. The molecule has 4 N–H and O–H groups in total.